The number of nitrogens with one attached hydrogen (secondary N) is 1. The van der Waals surface area contributed by atoms with Gasteiger partial charge in [-0.2, -0.15) is 13.2 Å². The Kier molecular flexibility index (Phi) is 5.69. The van der Waals surface area contributed by atoms with Crippen LogP contribution in [0.3, 0.4) is 0 Å². The molecule has 0 spiro atoms. The molecule has 0 saturated carbocycles. The summed E-state index contributed by atoms with van der Waals surface area (Å²) in [7, 11) is -4.21. The molecule has 0 atom stereocenters. The molecule has 0 radical (unpaired) electrons. The Morgan fingerprint density at radius 3 is 2.43 bits per heavy atom. The molecule has 2 heterocycles. The number of halogens is 4. The Hall–Kier alpha value is -2.49. The Bertz CT molecular complexity index is 1090. The number of nitrogens with zero attached hydrogens (tertiary/aromatic N) is 2. The summed E-state index contributed by atoms with van der Waals surface area (Å²) in [6.07, 6.45) is -0.0578. The van der Waals surface area contributed by atoms with E-state index in [9.17, 15) is 21.6 Å². The molecular formula is C18H13ClF3N3O2S. The van der Waals surface area contributed by atoms with E-state index in [0.717, 1.165) is 17.7 Å². The van der Waals surface area contributed by atoms with Crippen LogP contribution in [-0.4, -0.2) is 18.4 Å². The van der Waals surface area contributed by atoms with Gasteiger partial charge in [-0.1, -0.05) is 17.7 Å². The maximum Gasteiger partial charge on any atom is 0.417 e. The van der Waals surface area contributed by atoms with Crippen molar-refractivity contribution in [1.82, 2.24) is 14.7 Å². The van der Waals surface area contributed by atoms with Crippen LogP contribution in [0.15, 0.2) is 66.0 Å². The number of benzene rings is 1. The van der Waals surface area contributed by atoms with Crippen LogP contribution in [-0.2, 0) is 22.7 Å². The molecule has 0 unspecified atom stereocenters. The van der Waals surface area contributed by atoms with Crippen LogP contribution in [0.25, 0.3) is 11.3 Å². The van der Waals surface area contributed by atoms with Crippen LogP contribution in [0, 0.1) is 0 Å². The zero-order valence-corrected chi connectivity index (χ0v) is 15.7. The molecule has 1 aromatic carbocycles. The number of rotatable bonds is 5. The highest BCUT2D eigenvalue weighted by Gasteiger charge is 2.34. The van der Waals surface area contributed by atoms with E-state index < -0.39 is 31.7 Å². The number of hydrogen-bond donors (Lipinski definition) is 1. The SMILES string of the molecule is O=S(=O)(NCc1cccnc1-c1ccncc1)c1ccc(Cl)c(C(F)(F)F)c1. The van der Waals surface area contributed by atoms with E-state index in [0.29, 0.717) is 17.3 Å². The Morgan fingerprint density at radius 1 is 1.04 bits per heavy atom. The zero-order valence-electron chi connectivity index (χ0n) is 14.1. The molecule has 3 rings (SSSR count). The van der Waals surface area contributed by atoms with E-state index >= 15 is 0 Å². The fourth-order valence-electron chi connectivity index (χ4n) is 2.50. The van der Waals surface area contributed by atoms with E-state index in [1.807, 2.05) is 0 Å². The van der Waals surface area contributed by atoms with Gasteiger partial charge in [0.2, 0.25) is 10.0 Å². The molecule has 0 saturated heterocycles. The molecule has 0 aliphatic heterocycles. The Balaban J connectivity index is 1.88. The van der Waals surface area contributed by atoms with Crippen LogP contribution in [0.4, 0.5) is 13.2 Å². The van der Waals surface area contributed by atoms with Crippen molar-refractivity contribution in [1.29, 1.82) is 0 Å². The molecule has 0 fully saturated rings. The first-order valence-electron chi connectivity index (χ1n) is 7.89. The zero-order chi connectivity index (χ0) is 20.4. The molecule has 10 heteroatoms. The van der Waals surface area contributed by atoms with Gasteiger partial charge in [-0.05, 0) is 42.0 Å². The summed E-state index contributed by atoms with van der Waals surface area (Å²) in [6.45, 7) is -0.155. The molecule has 0 aliphatic carbocycles. The molecule has 146 valence electrons. The van der Waals surface area contributed by atoms with Crippen molar-refractivity contribution in [2.45, 2.75) is 17.6 Å². The van der Waals surface area contributed by atoms with Gasteiger partial charge in [-0.25, -0.2) is 13.1 Å². The van der Waals surface area contributed by atoms with Crippen LogP contribution in [0.1, 0.15) is 11.1 Å². The lowest BCUT2D eigenvalue weighted by Crippen LogP contribution is -2.24. The monoisotopic (exact) mass is 427 g/mol. The predicted molar refractivity (Wildman–Crippen MR) is 97.9 cm³/mol. The van der Waals surface area contributed by atoms with Gasteiger partial charge >= 0.3 is 6.18 Å². The van der Waals surface area contributed by atoms with Gasteiger partial charge in [0, 0.05) is 30.7 Å². The van der Waals surface area contributed by atoms with Crippen molar-refractivity contribution >= 4 is 21.6 Å². The quantitative estimate of drug-likeness (QED) is 0.659. The molecule has 0 amide bonds. The third kappa shape index (κ3) is 4.49. The molecule has 3 aromatic rings. The second-order valence-electron chi connectivity index (χ2n) is 5.71. The lowest BCUT2D eigenvalue weighted by molar-refractivity contribution is -0.137. The van der Waals surface area contributed by atoms with Gasteiger partial charge in [0.05, 0.1) is 21.2 Å². The highest BCUT2D eigenvalue weighted by molar-refractivity contribution is 7.89. The number of alkyl halides is 3. The van der Waals surface area contributed by atoms with Gasteiger partial charge in [-0.3, -0.25) is 9.97 Å². The van der Waals surface area contributed by atoms with Gasteiger partial charge in [0.1, 0.15) is 0 Å². The molecule has 0 aliphatic rings. The minimum atomic E-state index is -4.76. The molecule has 5 nitrogen and oxygen atoms in total. The first kappa shape index (κ1) is 20.2. The second-order valence-corrected chi connectivity index (χ2v) is 7.89. The molecular weight excluding hydrogens is 415 g/mol. The van der Waals surface area contributed by atoms with E-state index in [1.165, 1.54) is 0 Å². The summed E-state index contributed by atoms with van der Waals surface area (Å²) in [4.78, 5) is 7.64. The van der Waals surface area contributed by atoms with E-state index in [2.05, 4.69) is 14.7 Å². The first-order chi connectivity index (χ1) is 13.2. The normalized spacial score (nSPS) is 12.1. The number of hydrogen-bond acceptors (Lipinski definition) is 4. The Labute approximate surface area is 164 Å². The van der Waals surface area contributed by atoms with Crippen LogP contribution in [0.2, 0.25) is 5.02 Å². The largest absolute Gasteiger partial charge is 0.417 e. The van der Waals surface area contributed by atoms with Crippen molar-refractivity contribution in [3.05, 3.63) is 77.2 Å². The highest BCUT2D eigenvalue weighted by atomic mass is 35.5. The molecule has 28 heavy (non-hydrogen) atoms. The topological polar surface area (TPSA) is 72.0 Å². The highest BCUT2D eigenvalue weighted by Crippen LogP contribution is 2.36. The van der Waals surface area contributed by atoms with Crippen molar-refractivity contribution < 1.29 is 21.6 Å². The van der Waals surface area contributed by atoms with Crippen molar-refractivity contribution in [3.8, 4) is 11.3 Å². The third-order valence-electron chi connectivity index (χ3n) is 3.85. The van der Waals surface area contributed by atoms with E-state index in [4.69, 9.17) is 11.6 Å². The molecule has 0 bridgehead atoms. The summed E-state index contributed by atoms with van der Waals surface area (Å²) in [5.41, 5.74) is 0.619. The summed E-state index contributed by atoms with van der Waals surface area (Å²) in [5.74, 6) is 0. The standard InChI is InChI=1S/C18H13ClF3N3O2S/c19-16-4-3-14(10-15(16)18(20,21)22)28(26,27)25-11-13-2-1-7-24-17(13)12-5-8-23-9-6-12/h1-10,25H,11H2. The first-order valence-corrected chi connectivity index (χ1v) is 9.75. The van der Waals surface area contributed by atoms with Gasteiger partial charge < -0.3 is 0 Å². The van der Waals surface area contributed by atoms with Crippen LogP contribution < -0.4 is 4.72 Å². The lowest BCUT2D eigenvalue weighted by atomic mass is 10.1. The smallest absolute Gasteiger partial charge is 0.265 e. The van der Waals surface area contributed by atoms with Gasteiger partial charge in [0.15, 0.2) is 0 Å². The number of aromatic nitrogens is 2. The summed E-state index contributed by atoms with van der Waals surface area (Å²) in [5, 5.41) is -0.571. The summed E-state index contributed by atoms with van der Waals surface area (Å²) < 4.78 is 66.3. The fraction of sp³-hybridized carbons (Fsp3) is 0.111. The van der Waals surface area contributed by atoms with Gasteiger partial charge in [0.25, 0.3) is 0 Å². The Morgan fingerprint density at radius 2 is 1.75 bits per heavy atom. The molecule has 2 aromatic heterocycles. The predicted octanol–water partition coefficient (Wildman–Crippen LogP) is 4.29. The van der Waals surface area contributed by atoms with Crippen LogP contribution >= 0.6 is 11.6 Å². The second kappa shape index (κ2) is 7.86. The third-order valence-corrected chi connectivity index (χ3v) is 5.58. The van der Waals surface area contributed by atoms with Crippen LogP contribution in [0.5, 0.6) is 0 Å². The average Bonchev–Trinajstić information content (AvgIpc) is 2.66. The minimum Gasteiger partial charge on any atom is -0.265 e. The maximum absolute atomic E-state index is 13.0. The molecule has 1 N–H and O–H groups in total. The minimum absolute atomic E-state index is 0.155. The van der Waals surface area contributed by atoms with E-state index in [1.54, 1.807) is 42.9 Å². The lowest BCUT2D eigenvalue weighted by Gasteiger charge is -2.13. The fourth-order valence-corrected chi connectivity index (χ4v) is 3.75. The van der Waals surface area contributed by atoms with Crippen molar-refractivity contribution in [3.63, 3.8) is 0 Å². The summed E-state index contributed by atoms with van der Waals surface area (Å²) in [6, 6.07) is 9.19. The number of pyridine rings is 2. The average molecular weight is 428 g/mol. The summed E-state index contributed by atoms with van der Waals surface area (Å²) >= 11 is 5.54. The van der Waals surface area contributed by atoms with Gasteiger partial charge in [-0.15, -0.1) is 0 Å². The van der Waals surface area contributed by atoms with Crippen molar-refractivity contribution in [2.75, 3.05) is 0 Å². The van der Waals surface area contributed by atoms with E-state index in [-0.39, 0.29) is 6.54 Å². The maximum atomic E-state index is 13.0. The number of sulfonamides is 1. The van der Waals surface area contributed by atoms with Crippen molar-refractivity contribution in [2.24, 2.45) is 0 Å².